The molecule has 0 aromatic heterocycles. The van der Waals surface area contributed by atoms with Crippen LogP contribution < -0.4 is 0 Å². The number of hydrogen-bond donors (Lipinski definition) is 0. The molecule has 0 bridgehead atoms. The van der Waals surface area contributed by atoms with Gasteiger partial charge in [0.25, 0.3) is 0 Å². The monoisotopic (exact) mass is 180 g/mol. The van der Waals surface area contributed by atoms with E-state index in [-0.39, 0.29) is 9.76 Å². The maximum Gasteiger partial charge on any atom is 0.161 e. The van der Waals surface area contributed by atoms with E-state index in [4.69, 9.17) is 16.0 Å². The zero-order valence-corrected chi connectivity index (χ0v) is 8.91. The molecule has 0 unspecified atom stereocenters. The first kappa shape index (κ1) is 10.5. The van der Waals surface area contributed by atoms with Crippen LogP contribution in [0.5, 0.6) is 0 Å². The van der Waals surface area contributed by atoms with Gasteiger partial charge in [0.15, 0.2) is 9.76 Å². The van der Waals surface area contributed by atoms with E-state index in [1.54, 1.807) is 0 Å². The minimum Gasteiger partial charge on any atom is -0.424 e. The maximum absolute atomic E-state index is 5.52. The van der Waals surface area contributed by atoms with Crippen LogP contribution in [0.2, 0.25) is 6.04 Å². The first-order valence-corrected chi connectivity index (χ1v) is 6.16. The summed E-state index contributed by atoms with van der Waals surface area (Å²) in [5, 5.41) is 0. The van der Waals surface area contributed by atoms with Crippen LogP contribution in [0.15, 0.2) is 0 Å². The number of unbranched alkanes of at least 4 members (excludes halogenated alkanes) is 2. The molecule has 0 saturated carbocycles. The third-order valence-electron chi connectivity index (χ3n) is 1.38. The van der Waals surface area contributed by atoms with Gasteiger partial charge in [0.1, 0.15) is 0 Å². The lowest BCUT2D eigenvalue weighted by Crippen LogP contribution is -1.96. The van der Waals surface area contributed by atoms with Crippen LogP contribution in [-0.2, 0) is 4.43 Å². The molecule has 0 aromatic rings. The van der Waals surface area contributed by atoms with Crippen molar-refractivity contribution in [1.29, 1.82) is 0 Å². The fraction of sp³-hybridized carbons (Fsp3) is 1.00. The van der Waals surface area contributed by atoms with Gasteiger partial charge < -0.3 is 4.43 Å². The van der Waals surface area contributed by atoms with Gasteiger partial charge in [-0.3, -0.25) is 0 Å². The Morgan fingerprint density at radius 2 is 2.10 bits per heavy atom. The summed E-state index contributed by atoms with van der Waals surface area (Å²) in [5.41, 5.74) is 0. The average Bonchev–Trinajstić information content (AvgIpc) is 1.97. The molecular weight excluding hydrogens is 164 g/mol. The molecule has 62 valence electrons. The minimum atomic E-state index is -0.160. The standard InChI is InChI=1S/C7H17ClOSi/c1-2-9-10-7-5-3-4-6-8/h2-7,10H2,1H3. The van der Waals surface area contributed by atoms with E-state index in [1.165, 1.54) is 25.3 Å². The fourth-order valence-corrected chi connectivity index (χ4v) is 2.04. The molecule has 0 aliphatic carbocycles. The Labute approximate surface area is 71.0 Å². The summed E-state index contributed by atoms with van der Waals surface area (Å²) in [4.78, 5) is 0. The van der Waals surface area contributed by atoms with E-state index >= 15 is 0 Å². The van der Waals surface area contributed by atoms with Gasteiger partial charge in [-0.05, 0) is 19.4 Å². The SMILES string of the molecule is CCO[SiH2]CCCCCCl. The Morgan fingerprint density at radius 1 is 1.30 bits per heavy atom. The molecule has 0 aliphatic rings. The lowest BCUT2D eigenvalue weighted by Gasteiger charge is -1.98. The molecule has 0 radical (unpaired) electrons. The minimum absolute atomic E-state index is 0.160. The molecule has 0 N–H and O–H groups in total. The molecule has 0 heterocycles. The summed E-state index contributed by atoms with van der Waals surface area (Å²) >= 11 is 5.52. The molecule has 0 saturated heterocycles. The van der Waals surface area contributed by atoms with Gasteiger partial charge in [0.05, 0.1) is 0 Å². The van der Waals surface area contributed by atoms with Gasteiger partial charge in [0.2, 0.25) is 0 Å². The van der Waals surface area contributed by atoms with E-state index < -0.39 is 0 Å². The molecule has 0 aliphatic heterocycles. The van der Waals surface area contributed by atoms with E-state index in [0.29, 0.717) is 0 Å². The lowest BCUT2D eigenvalue weighted by molar-refractivity contribution is 0.359. The Balaban J connectivity index is 2.65. The molecule has 0 amide bonds. The lowest BCUT2D eigenvalue weighted by atomic mass is 10.3. The number of alkyl halides is 1. The Morgan fingerprint density at radius 3 is 2.70 bits per heavy atom. The highest BCUT2D eigenvalue weighted by molar-refractivity contribution is 6.26. The van der Waals surface area contributed by atoms with Gasteiger partial charge >= 0.3 is 0 Å². The zero-order valence-electron chi connectivity index (χ0n) is 6.74. The Hall–Kier alpha value is 0.467. The predicted octanol–water partition coefficient (Wildman–Crippen LogP) is 1.93. The molecular formula is C7H17ClOSi. The van der Waals surface area contributed by atoms with Crippen molar-refractivity contribution in [2.24, 2.45) is 0 Å². The van der Waals surface area contributed by atoms with Crippen molar-refractivity contribution in [2.45, 2.75) is 32.2 Å². The smallest absolute Gasteiger partial charge is 0.161 e. The van der Waals surface area contributed by atoms with E-state index in [2.05, 4.69) is 6.92 Å². The first-order valence-electron chi connectivity index (χ1n) is 4.05. The van der Waals surface area contributed by atoms with Crippen LogP contribution in [0.1, 0.15) is 26.2 Å². The molecule has 3 heteroatoms. The van der Waals surface area contributed by atoms with Crippen molar-refractivity contribution in [2.75, 3.05) is 12.5 Å². The molecule has 0 fully saturated rings. The number of hydrogen-bond acceptors (Lipinski definition) is 1. The second kappa shape index (κ2) is 9.47. The van der Waals surface area contributed by atoms with Crippen molar-refractivity contribution < 1.29 is 4.43 Å². The van der Waals surface area contributed by atoms with Gasteiger partial charge in [-0.1, -0.05) is 12.8 Å². The molecule has 10 heavy (non-hydrogen) atoms. The van der Waals surface area contributed by atoms with Gasteiger partial charge in [-0.25, -0.2) is 0 Å². The summed E-state index contributed by atoms with van der Waals surface area (Å²) in [6.07, 6.45) is 3.77. The third kappa shape index (κ3) is 8.47. The fourth-order valence-electron chi connectivity index (χ4n) is 0.797. The van der Waals surface area contributed by atoms with Crippen molar-refractivity contribution in [3.63, 3.8) is 0 Å². The zero-order chi connectivity index (χ0) is 7.66. The number of rotatable bonds is 7. The van der Waals surface area contributed by atoms with Crippen LogP contribution in [-0.4, -0.2) is 22.3 Å². The van der Waals surface area contributed by atoms with Crippen molar-refractivity contribution >= 4 is 21.4 Å². The summed E-state index contributed by atoms with van der Waals surface area (Å²) in [5.74, 6) is 0.816. The van der Waals surface area contributed by atoms with Crippen LogP contribution in [0.25, 0.3) is 0 Å². The summed E-state index contributed by atoms with van der Waals surface area (Å²) in [7, 11) is -0.160. The van der Waals surface area contributed by atoms with Crippen molar-refractivity contribution in [3.8, 4) is 0 Å². The topological polar surface area (TPSA) is 9.23 Å². The van der Waals surface area contributed by atoms with Crippen LogP contribution in [0, 0.1) is 0 Å². The Kier molecular flexibility index (Phi) is 9.91. The molecule has 0 atom stereocenters. The summed E-state index contributed by atoms with van der Waals surface area (Å²) in [6.45, 7) is 2.97. The Bertz CT molecular complexity index is 53.6. The highest BCUT2D eigenvalue weighted by atomic mass is 35.5. The second-order valence-electron chi connectivity index (χ2n) is 2.30. The van der Waals surface area contributed by atoms with Crippen molar-refractivity contribution in [3.05, 3.63) is 0 Å². The average molecular weight is 181 g/mol. The normalized spacial score (nSPS) is 11.4. The highest BCUT2D eigenvalue weighted by Gasteiger charge is 1.89. The van der Waals surface area contributed by atoms with Crippen LogP contribution in [0.3, 0.4) is 0 Å². The molecule has 0 spiro atoms. The summed E-state index contributed by atoms with van der Waals surface area (Å²) in [6, 6.07) is 1.32. The highest BCUT2D eigenvalue weighted by Crippen LogP contribution is 2.00. The first-order chi connectivity index (χ1) is 4.91. The van der Waals surface area contributed by atoms with E-state index in [9.17, 15) is 0 Å². The largest absolute Gasteiger partial charge is 0.424 e. The van der Waals surface area contributed by atoms with Gasteiger partial charge in [0, 0.05) is 12.5 Å². The van der Waals surface area contributed by atoms with Crippen LogP contribution in [0.4, 0.5) is 0 Å². The third-order valence-corrected chi connectivity index (χ3v) is 3.13. The van der Waals surface area contributed by atoms with E-state index in [0.717, 1.165) is 12.5 Å². The van der Waals surface area contributed by atoms with Gasteiger partial charge in [-0.2, -0.15) is 0 Å². The van der Waals surface area contributed by atoms with Crippen molar-refractivity contribution in [1.82, 2.24) is 0 Å². The van der Waals surface area contributed by atoms with Gasteiger partial charge in [-0.15, -0.1) is 11.6 Å². The summed E-state index contributed by atoms with van der Waals surface area (Å²) < 4.78 is 5.32. The molecule has 0 aromatic carbocycles. The maximum atomic E-state index is 5.52. The van der Waals surface area contributed by atoms with Crippen LogP contribution >= 0.6 is 11.6 Å². The quantitative estimate of drug-likeness (QED) is 0.331. The molecule has 1 nitrogen and oxygen atoms in total. The second-order valence-corrected chi connectivity index (χ2v) is 4.20. The molecule has 0 rings (SSSR count). The number of halogens is 1. The van der Waals surface area contributed by atoms with E-state index in [1.807, 2.05) is 0 Å². The predicted molar refractivity (Wildman–Crippen MR) is 49.5 cm³/mol.